The number of hydrogen-bond donors (Lipinski definition) is 2. The van der Waals surface area contributed by atoms with E-state index in [0.717, 1.165) is 22.2 Å². The van der Waals surface area contributed by atoms with Crippen LogP contribution in [-0.2, 0) is 6.54 Å². The number of hydrogen-bond acceptors (Lipinski definition) is 6. The van der Waals surface area contributed by atoms with E-state index in [1.165, 1.54) is 25.6 Å². The minimum absolute atomic E-state index is 0.0157. The molecule has 154 valence electrons. The molecule has 31 heavy (non-hydrogen) atoms. The number of rotatable bonds is 5. The zero-order chi connectivity index (χ0) is 21.4. The molecule has 2 heterocycles. The Morgan fingerprint density at radius 1 is 1.06 bits per heavy atom. The van der Waals surface area contributed by atoms with E-state index in [2.05, 4.69) is 20.4 Å². The van der Waals surface area contributed by atoms with E-state index in [1.54, 1.807) is 22.9 Å². The van der Waals surface area contributed by atoms with Crippen LogP contribution in [0.2, 0.25) is 0 Å². The van der Waals surface area contributed by atoms with Gasteiger partial charge in [0.25, 0.3) is 0 Å². The highest BCUT2D eigenvalue weighted by Crippen LogP contribution is 2.33. The van der Waals surface area contributed by atoms with E-state index in [4.69, 9.17) is 4.74 Å². The third-order valence-electron chi connectivity index (χ3n) is 4.98. The number of halogens is 1. The maximum absolute atomic E-state index is 13.4. The van der Waals surface area contributed by atoms with Crippen LogP contribution in [0.5, 0.6) is 11.5 Å². The molecule has 2 aromatic heterocycles. The van der Waals surface area contributed by atoms with Gasteiger partial charge in [0.1, 0.15) is 18.0 Å². The first-order chi connectivity index (χ1) is 15.1. The second kappa shape index (κ2) is 7.56. The lowest BCUT2D eigenvalue weighted by atomic mass is 10.2. The molecule has 0 unspecified atom stereocenters. The minimum Gasteiger partial charge on any atom is -0.504 e. The van der Waals surface area contributed by atoms with Gasteiger partial charge in [-0.25, -0.2) is 14.4 Å². The summed E-state index contributed by atoms with van der Waals surface area (Å²) in [6.45, 7) is 0.479. The van der Waals surface area contributed by atoms with Gasteiger partial charge >= 0.3 is 0 Å². The van der Waals surface area contributed by atoms with Crippen LogP contribution in [0.25, 0.3) is 21.8 Å². The Morgan fingerprint density at radius 3 is 2.81 bits per heavy atom. The summed E-state index contributed by atoms with van der Waals surface area (Å²) in [5.41, 5.74) is 3.13. The number of methoxy groups -OCH3 is 1. The van der Waals surface area contributed by atoms with E-state index in [9.17, 15) is 9.50 Å². The predicted octanol–water partition coefficient (Wildman–Crippen LogP) is 4.62. The number of ether oxygens (including phenoxy) is 1. The van der Waals surface area contributed by atoms with Crippen LogP contribution in [0.4, 0.5) is 15.9 Å². The van der Waals surface area contributed by atoms with Crippen molar-refractivity contribution in [3.8, 4) is 11.5 Å². The minimum atomic E-state index is -0.263. The van der Waals surface area contributed by atoms with E-state index >= 15 is 0 Å². The molecule has 7 nitrogen and oxygen atoms in total. The number of nitrogens with one attached hydrogen (secondary N) is 1. The second-order valence-electron chi connectivity index (χ2n) is 7.12. The lowest BCUT2D eigenvalue weighted by molar-refractivity contribution is 0.374. The first-order valence-electron chi connectivity index (χ1n) is 9.59. The maximum Gasteiger partial charge on any atom is 0.162 e. The van der Waals surface area contributed by atoms with E-state index < -0.39 is 0 Å². The highest BCUT2D eigenvalue weighted by Gasteiger charge is 2.11. The molecular formula is C23H18FN5O2. The Balaban J connectivity index is 1.45. The van der Waals surface area contributed by atoms with Crippen molar-refractivity contribution in [2.45, 2.75) is 6.54 Å². The van der Waals surface area contributed by atoms with Gasteiger partial charge < -0.3 is 15.2 Å². The lowest BCUT2D eigenvalue weighted by Crippen LogP contribution is -1.99. The van der Waals surface area contributed by atoms with Crippen molar-refractivity contribution >= 4 is 33.3 Å². The quantitative estimate of drug-likeness (QED) is 0.436. The van der Waals surface area contributed by atoms with E-state index in [0.29, 0.717) is 29.0 Å². The largest absolute Gasteiger partial charge is 0.504 e. The molecule has 0 radical (unpaired) electrons. The van der Waals surface area contributed by atoms with Gasteiger partial charge in [-0.3, -0.25) is 4.68 Å². The number of anilines is 2. The zero-order valence-electron chi connectivity index (χ0n) is 16.6. The fraction of sp³-hybridized carbons (Fsp3) is 0.0870. The van der Waals surface area contributed by atoms with E-state index in [-0.39, 0.29) is 11.6 Å². The molecule has 0 aliphatic heterocycles. The van der Waals surface area contributed by atoms with Gasteiger partial charge in [-0.15, -0.1) is 0 Å². The number of nitrogens with zero attached hydrogens (tertiary/aromatic N) is 4. The van der Waals surface area contributed by atoms with Crippen molar-refractivity contribution in [1.29, 1.82) is 0 Å². The Bertz CT molecular complexity index is 1420. The fourth-order valence-corrected chi connectivity index (χ4v) is 3.53. The van der Waals surface area contributed by atoms with Gasteiger partial charge in [0.05, 0.1) is 24.7 Å². The van der Waals surface area contributed by atoms with Crippen molar-refractivity contribution < 1.29 is 14.2 Å². The molecule has 0 aliphatic rings. The Hall–Kier alpha value is -4.20. The van der Waals surface area contributed by atoms with Gasteiger partial charge in [-0.05, 0) is 42.0 Å². The van der Waals surface area contributed by atoms with Gasteiger partial charge in [-0.1, -0.05) is 12.1 Å². The maximum atomic E-state index is 13.4. The fourth-order valence-electron chi connectivity index (χ4n) is 3.53. The molecule has 0 amide bonds. The molecule has 0 saturated carbocycles. The summed E-state index contributed by atoms with van der Waals surface area (Å²) in [5.74, 6) is 0.669. The summed E-state index contributed by atoms with van der Waals surface area (Å²) in [7, 11) is 1.49. The van der Waals surface area contributed by atoms with Crippen LogP contribution in [0.15, 0.2) is 67.1 Å². The Kier molecular flexibility index (Phi) is 4.59. The van der Waals surface area contributed by atoms with Crippen LogP contribution in [0.1, 0.15) is 5.56 Å². The second-order valence-corrected chi connectivity index (χ2v) is 7.12. The molecular weight excluding hydrogens is 397 g/mol. The first kappa shape index (κ1) is 18.8. The molecule has 0 aliphatic carbocycles. The summed E-state index contributed by atoms with van der Waals surface area (Å²) >= 11 is 0. The molecule has 2 N–H and O–H groups in total. The molecule has 0 saturated heterocycles. The zero-order valence-corrected chi connectivity index (χ0v) is 16.6. The van der Waals surface area contributed by atoms with Crippen LogP contribution in [0, 0.1) is 5.82 Å². The number of phenols is 1. The van der Waals surface area contributed by atoms with Gasteiger partial charge in [-0.2, -0.15) is 5.10 Å². The standard InChI is InChI=1S/C23H18FN5O2/c1-31-22-10-20-18(9-21(22)30)23(26-13-25-20)27-17-5-6-19-15(8-17)12-29(28-19)11-14-3-2-4-16(24)7-14/h2-10,12-13,30H,11H2,1H3,(H,25,26,27). The summed E-state index contributed by atoms with van der Waals surface area (Å²) in [5, 5.41) is 19.6. The number of aromatic hydroxyl groups is 1. The van der Waals surface area contributed by atoms with Crippen molar-refractivity contribution in [3.63, 3.8) is 0 Å². The van der Waals surface area contributed by atoms with Crippen LogP contribution in [-0.4, -0.2) is 32.0 Å². The molecule has 0 bridgehead atoms. The van der Waals surface area contributed by atoms with E-state index in [1.807, 2.05) is 30.5 Å². The molecule has 5 aromatic rings. The molecule has 8 heteroatoms. The van der Waals surface area contributed by atoms with Crippen molar-refractivity contribution in [1.82, 2.24) is 19.7 Å². The molecule has 5 rings (SSSR count). The number of phenolic OH excluding ortho intramolecular Hbond substituents is 1. The highest BCUT2D eigenvalue weighted by atomic mass is 19.1. The number of benzene rings is 3. The van der Waals surface area contributed by atoms with Crippen LogP contribution in [0.3, 0.4) is 0 Å². The van der Waals surface area contributed by atoms with Crippen LogP contribution < -0.4 is 10.1 Å². The molecule has 0 fully saturated rings. The number of aromatic nitrogens is 4. The number of fused-ring (bicyclic) bond motifs is 2. The van der Waals surface area contributed by atoms with Gasteiger partial charge in [0.15, 0.2) is 11.5 Å². The van der Waals surface area contributed by atoms with Crippen LogP contribution >= 0.6 is 0 Å². The summed E-state index contributed by atoms with van der Waals surface area (Å²) in [4.78, 5) is 8.57. The third-order valence-corrected chi connectivity index (χ3v) is 4.98. The Morgan fingerprint density at radius 2 is 1.97 bits per heavy atom. The van der Waals surface area contributed by atoms with Crippen molar-refractivity contribution in [3.05, 3.63) is 78.5 Å². The summed E-state index contributed by atoms with van der Waals surface area (Å²) in [6.07, 6.45) is 3.37. The monoisotopic (exact) mass is 415 g/mol. The molecule has 3 aromatic carbocycles. The third kappa shape index (κ3) is 3.71. The summed E-state index contributed by atoms with van der Waals surface area (Å²) < 4.78 is 20.4. The lowest BCUT2D eigenvalue weighted by Gasteiger charge is -2.10. The average molecular weight is 415 g/mol. The average Bonchev–Trinajstić information content (AvgIpc) is 3.15. The Labute approximate surface area is 176 Å². The normalized spacial score (nSPS) is 11.2. The predicted molar refractivity (Wildman–Crippen MR) is 116 cm³/mol. The SMILES string of the molecule is COc1cc2ncnc(Nc3ccc4nn(Cc5cccc(F)c5)cc4c3)c2cc1O. The first-order valence-corrected chi connectivity index (χ1v) is 9.59. The molecule has 0 atom stereocenters. The topological polar surface area (TPSA) is 85.1 Å². The summed E-state index contributed by atoms with van der Waals surface area (Å²) in [6, 6.07) is 15.5. The van der Waals surface area contributed by atoms with Gasteiger partial charge in [0, 0.05) is 28.7 Å². The highest BCUT2D eigenvalue weighted by molar-refractivity contribution is 5.93. The van der Waals surface area contributed by atoms with Crippen molar-refractivity contribution in [2.24, 2.45) is 0 Å². The smallest absolute Gasteiger partial charge is 0.162 e. The van der Waals surface area contributed by atoms with Gasteiger partial charge in [0.2, 0.25) is 0 Å². The van der Waals surface area contributed by atoms with Crippen molar-refractivity contribution in [2.75, 3.05) is 12.4 Å². The molecule has 0 spiro atoms.